The third kappa shape index (κ3) is 7.20. The molecule has 234 valence electrons. The number of hydrogen-bond donors (Lipinski definition) is 0. The summed E-state index contributed by atoms with van der Waals surface area (Å²) < 4.78 is 0. The maximum atomic E-state index is 3.44. The van der Waals surface area contributed by atoms with Crippen LogP contribution in [0.25, 0.3) is 0 Å². The summed E-state index contributed by atoms with van der Waals surface area (Å²) in [7, 11) is -3.91. The van der Waals surface area contributed by atoms with Crippen LogP contribution in [0.2, 0.25) is 0 Å². The zero-order chi connectivity index (χ0) is 33.1. The summed E-state index contributed by atoms with van der Waals surface area (Å²) in [5, 5.41) is 8.34. The van der Waals surface area contributed by atoms with Crippen molar-refractivity contribution in [2.45, 2.75) is 13.8 Å². The molecule has 0 aliphatic rings. The molecule has 6 aromatic carbocycles. The highest BCUT2D eigenvalue weighted by atomic mass is 31.2. The molecule has 0 nitrogen and oxygen atoms in total. The van der Waals surface area contributed by atoms with E-state index in [1.54, 1.807) is 0 Å². The zero-order valence-electron chi connectivity index (χ0n) is 27.8. The molecule has 0 fully saturated rings. The predicted molar refractivity (Wildman–Crippen MR) is 215 cm³/mol. The fourth-order valence-electron chi connectivity index (χ4n) is 6.71. The van der Waals surface area contributed by atoms with Crippen LogP contribution in [0.4, 0.5) is 0 Å². The monoisotopic (exact) mass is 656 g/mol. The van der Waals surface area contributed by atoms with Crippen molar-refractivity contribution in [2.75, 3.05) is 12.3 Å². The second kappa shape index (κ2) is 15.9. The average Bonchev–Trinajstić information content (AvgIpc) is 3.17. The van der Waals surface area contributed by atoms with Crippen molar-refractivity contribution in [1.82, 2.24) is 0 Å². The van der Waals surface area contributed by atoms with E-state index in [-0.39, 0.29) is 0 Å². The van der Waals surface area contributed by atoms with Crippen LogP contribution >= 0.6 is 14.5 Å². The first-order chi connectivity index (χ1) is 23.6. The number of rotatable bonds is 10. The Morgan fingerprint density at radius 2 is 0.542 bits per heavy atom. The Morgan fingerprint density at radius 1 is 0.354 bits per heavy atom. The molecule has 0 saturated carbocycles. The Balaban J connectivity index is 1.36. The second-order valence-electron chi connectivity index (χ2n) is 12.2. The molecule has 0 spiro atoms. The van der Waals surface area contributed by atoms with E-state index in [4.69, 9.17) is 0 Å². The summed E-state index contributed by atoms with van der Waals surface area (Å²) in [4.78, 5) is 0. The highest BCUT2D eigenvalue weighted by Gasteiger charge is 2.46. The molecule has 0 amide bonds. The molecular weight excluding hydrogens is 614 g/mol. The van der Waals surface area contributed by atoms with Gasteiger partial charge >= 0.3 is 0 Å². The van der Waals surface area contributed by atoms with Gasteiger partial charge in [-0.3, -0.25) is 0 Å². The Kier molecular flexibility index (Phi) is 11.0. The van der Waals surface area contributed by atoms with Crippen molar-refractivity contribution in [3.05, 3.63) is 205 Å². The molecule has 0 saturated heterocycles. The molecule has 6 aromatic rings. The first-order valence-electron chi connectivity index (χ1n) is 16.6. The van der Waals surface area contributed by atoms with Gasteiger partial charge < -0.3 is 0 Å². The Hall–Kier alpha value is -4.78. The van der Waals surface area contributed by atoms with E-state index in [1.165, 1.54) is 43.0 Å². The van der Waals surface area contributed by atoms with Crippen LogP contribution < -0.4 is 31.8 Å². The van der Waals surface area contributed by atoms with Gasteiger partial charge in [-0.25, -0.2) is 0 Å². The fourth-order valence-corrected chi connectivity index (χ4v) is 15.4. The Labute approximate surface area is 288 Å². The normalized spacial score (nSPS) is 12.2. The van der Waals surface area contributed by atoms with Gasteiger partial charge in [-0.1, -0.05) is 121 Å². The number of hydrogen-bond acceptors (Lipinski definition) is 0. The van der Waals surface area contributed by atoms with Crippen molar-refractivity contribution >= 4 is 46.4 Å². The zero-order valence-corrected chi connectivity index (χ0v) is 29.6. The van der Waals surface area contributed by atoms with Crippen LogP contribution in [0.5, 0.6) is 0 Å². The summed E-state index contributed by atoms with van der Waals surface area (Å²) in [5.74, 6) is 6.88. The molecule has 6 rings (SSSR count). The standard InChI is InChI=1S/C46H42P2/c1-39(37-47(41-25-9-3-10-26-41,42-27-11-4-12-28-42)43-29-13-5-14-30-43)23-21-22-24-40(2)38-48(44-31-15-6-16-32-44,45-33-17-7-18-34-45)46-35-19-8-20-36-46/h3-20,23-36H,37-38H2,1-2H3/q+2. The Morgan fingerprint density at radius 3 is 0.729 bits per heavy atom. The molecule has 0 N–H and O–H groups in total. The van der Waals surface area contributed by atoms with E-state index in [1.807, 2.05) is 0 Å². The minimum atomic E-state index is -1.95. The van der Waals surface area contributed by atoms with Gasteiger partial charge in [0.25, 0.3) is 0 Å². The van der Waals surface area contributed by atoms with Gasteiger partial charge in [0.05, 0.1) is 12.3 Å². The van der Waals surface area contributed by atoms with Gasteiger partial charge in [0.2, 0.25) is 0 Å². The maximum absolute atomic E-state index is 3.44. The largest absolute Gasteiger partial charge is 0.116 e. The summed E-state index contributed by atoms with van der Waals surface area (Å²) >= 11 is 0. The Bertz CT molecular complexity index is 1660. The summed E-state index contributed by atoms with van der Waals surface area (Å²) in [5.41, 5.74) is 2.58. The maximum Gasteiger partial charge on any atom is 0.116 e. The smallest absolute Gasteiger partial charge is 0.0702 e. The minimum absolute atomic E-state index is 0.938. The predicted octanol–water partition coefficient (Wildman–Crippen LogP) is 8.87. The van der Waals surface area contributed by atoms with Gasteiger partial charge in [-0.15, -0.1) is 0 Å². The van der Waals surface area contributed by atoms with E-state index < -0.39 is 14.5 Å². The summed E-state index contributed by atoms with van der Waals surface area (Å²) in [6.45, 7) is 4.48. The number of allylic oxidation sites excluding steroid dienone is 4. The van der Waals surface area contributed by atoms with Gasteiger partial charge in [-0.2, -0.15) is 0 Å². The summed E-state index contributed by atoms with van der Waals surface area (Å²) in [6.07, 6.45) is 6.16. The summed E-state index contributed by atoms with van der Waals surface area (Å²) in [6, 6.07) is 66.4. The first-order valence-corrected chi connectivity index (χ1v) is 20.5. The fraction of sp³-hybridized carbons (Fsp3) is 0.0870. The molecule has 0 aromatic heterocycles. The molecule has 0 bridgehead atoms. The van der Waals surface area contributed by atoms with Crippen molar-refractivity contribution in [3.63, 3.8) is 0 Å². The number of benzene rings is 6. The van der Waals surface area contributed by atoms with Crippen LogP contribution in [0.1, 0.15) is 13.8 Å². The quantitative estimate of drug-likeness (QED) is 0.102. The molecule has 0 aliphatic heterocycles. The van der Waals surface area contributed by atoms with Crippen molar-refractivity contribution < 1.29 is 0 Å². The molecule has 0 radical (unpaired) electrons. The van der Waals surface area contributed by atoms with Crippen molar-refractivity contribution in [2.24, 2.45) is 0 Å². The van der Waals surface area contributed by atoms with Crippen molar-refractivity contribution in [3.8, 4) is 11.8 Å². The van der Waals surface area contributed by atoms with Crippen molar-refractivity contribution in [1.29, 1.82) is 0 Å². The van der Waals surface area contributed by atoms with Gasteiger partial charge in [0, 0.05) is 0 Å². The molecule has 0 unspecified atom stereocenters. The van der Waals surface area contributed by atoms with Crippen LogP contribution in [0.3, 0.4) is 0 Å². The van der Waals surface area contributed by atoms with Crippen LogP contribution in [-0.4, -0.2) is 12.3 Å². The second-order valence-corrected chi connectivity index (χ2v) is 19.2. The van der Waals surface area contributed by atoms with E-state index in [9.17, 15) is 0 Å². The topological polar surface area (TPSA) is 0 Å². The van der Waals surface area contributed by atoms with E-state index >= 15 is 0 Å². The highest BCUT2D eigenvalue weighted by molar-refractivity contribution is 7.96. The third-order valence-electron chi connectivity index (χ3n) is 8.88. The van der Waals surface area contributed by atoms with Crippen LogP contribution in [0.15, 0.2) is 205 Å². The van der Waals surface area contributed by atoms with Crippen LogP contribution in [-0.2, 0) is 0 Å². The molecular formula is C46H42P2+2. The molecule has 0 heterocycles. The molecule has 0 atom stereocenters. The van der Waals surface area contributed by atoms with E-state index in [0.717, 1.165) is 12.3 Å². The molecule has 2 heteroatoms. The van der Waals surface area contributed by atoms with Gasteiger partial charge in [0.1, 0.15) is 46.4 Å². The van der Waals surface area contributed by atoms with Crippen LogP contribution in [0, 0.1) is 11.8 Å². The average molecular weight is 657 g/mol. The first kappa shape index (κ1) is 33.1. The minimum Gasteiger partial charge on any atom is -0.0702 e. The van der Waals surface area contributed by atoms with Gasteiger partial charge in [-0.05, 0) is 110 Å². The van der Waals surface area contributed by atoms with Gasteiger partial charge in [0.15, 0.2) is 0 Å². The third-order valence-corrected chi connectivity index (χ3v) is 17.9. The lowest BCUT2D eigenvalue weighted by Gasteiger charge is -2.28. The molecule has 0 aliphatic carbocycles. The highest BCUT2D eigenvalue weighted by Crippen LogP contribution is 2.57. The molecule has 48 heavy (non-hydrogen) atoms. The lowest BCUT2D eigenvalue weighted by molar-refractivity contribution is 1.39. The van der Waals surface area contributed by atoms with E-state index in [2.05, 4.69) is 220 Å². The lowest BCUT2D eigenvalue weighted by Crippen LogP contribution is -2.33. The SMILES string of the molecule is CC(=CC#CC=C(C)C[P+](c1ccccc1)(c1ccccc1)c1ccccc1)C[P+](c1ccccc1)(c1ccccc1)c1ccccc1. The van der Waals surface area contributed by atoms with E-state index in [0.29, 0.717) is 0 Å². The lowest BCUT2D eigenvalue weighted by atomic mass is 10.3.